The fourth-order valence-electron chi connectivity index (χ4n) is 1.67. The van der Waals surface area contributed by atoms with Gasteiger partial charge < -0.3 is 15.1 Å². The normalized spacial score (nSPS) is 13.1. The molecule has 0 aliphatic rings. The summed E-state index contributed by atoms with van der Waals surface area (Å²) < 4.78 is 5.60. The maximum absolute atomic E-state index is 11.6. The molecule has 0 aliphatic carbocycles. The third-order valence-corrected chi connectivity index (χ3v) is 2.79. The maximum Gasteiger partial charge on any atom is 0.315 e. The SMILES string of the molecule is CCCC(C)NC(=O)NCc1ncc(C(C)(C)C)o1. The molecule has 1 heterocycles. The van der Waals surface area contributed by atoms with Crippen LogP contribution in [0.2, 0.25) is 0 Å². The molecular weight excluding hydrogens is 242 g/mol. The Labute approximate surface area is 115 Å². The quantitative estimate of drug-likeness (QED) is 0.862. The molecule has 0 aliphatic heterocycles. The average molecular weight is 267 g/mol. The molecule has 1 rings (SSSR count). The van der Waals surface area contributed by atoms with Crippen LogP contribution >= 0.6 is 0 Å². The van der Waals surface area contributed by atoms with Crippen molar-refractivity contribution in [3.63, 3.8) is 0 Å². The molecule has 108 valence electrons. The molecule has 1 aromatic heterocycles. The third kappa shape index (κ3) is 5.32. The number of oxazole rings is 1. The Kier molecular flexibility index (Phi) is 5.39. The van der Waals surface area contributed by atoms with Crippen molar-refractivity contribution in [3.05, 3.63) is 17.8 Å². The first-order chi connectivity index (χ1) is 8.82. The van der Waals surface area contributed by atoms with Crippen LogP contribution in [0.4, 0.5) is 4.79 Å². The Morgan fingerprint density at radius 3 is 2.68 bits per heavy atom. The van der Waals surface area contributed by atoms with E-state index in [4.69, 9.17) is 4.42 Å². The van der Waals surface area contributed by atoms with Crippen LogP contribution in [0.25, 0.3) is 0 Å². The summed E-state index contributed by atoms with van der Waals surface area (Å²) in [4.78, 5) is 15.8. The Bertz CT molecular complexity index is 407. The fourth-order valence-corrected chi connectivity index (χ4v) is 1.67. The van der Waals surface area contributed by atoms with Crippen LogP contribution in [0.15, 0.2) is 10.6 Å². The van der Waals surface area contributed by atoms with Crippen molar-refractivity contribution in [3.8, 4) is 0 Å². The number of hydrogen-bond acceptors (Lipinski definition) is 3. The molecular formula is C14H25N3O2. The molecule has 2 amide bonds. The molecule has 0 fully saturated rings. The second-order valence-electron chi connectivity index (χ2n) is 5.88. The number of nitrogens with zero attached hydrogens (tertiary/aromatic N) is 1. The van der Waals surface area contributed by atoms with E-state index in [1.165, 1.54) is 0 Å². The molecule has 0 saturated heterocycles. The summed E-state index contributed by atoms with van der Waals surface area (Å²) >= 11 is 0. The first-order valence-electron chi connectivity index (χ1n) is 6.82. The molecule has 0 spiro atoms. The minimum absolute atomic E-state index is 0.0663. The van der Waals surface area contributed by atoms with Crippen molar-refractivity contribution >= 4 is 6.03 Å². The molecule has 5 nitrogen and oxygen atoms in total. The summed E-state index contributed by atoms with van der Waals surface area (Å²) in [6, 6.07) is -0.00356. The zero-order valence-electron chi connectivity index (χ0n) is 12.5. The largest absolute Gasteiger partial charge is 0.443 e. The summed E-state index contributed by atoms with van der Waals surface area (Å²) in [5.41, 5.74) is -0.0663. The van der Waals surface area contributed by atoms with Gasteiger partial charge in [0.15, 0.2) is 0 Å². The van der Waals surface area contributed by atoms with Gasteiger partial charge in [0, 0.05) is 11.5 Å². The Balaban J connectivity index is 2.40. The van der Waals surface area contributed by atoms with Crippen molar-refractivity contribution < 1.29 is 9.21 Å². The van der Waals surface area contributed by atoms with Crippen LogP contribution in [0.3, 0.4) is 0 Å². The first-order valence-corrected chi connectivity index (χ1v) is 6.82. The number of carbonyl (C=O) groups is 1. The number of carbonyl (C=O) groups excluding carboxylic acids is 1. The minimum Gasteiger partial charge on any atom is -0.443 e. The molecule has 0 bridgehead atoms. The summed E-state index contributed by atoms with van der Waals surface area (Å²) in [6.07, 6.45) is 3.74. The topological polar surface area (TPSA) is 67.2 Å². The van der Waals surface area contributed by atoms with E-state index in [0.29, 0.717) is 12.4 Å². The zero-order valence-corrected chi connectivity index (χ0v) is 12.5. The highest BCUT2D eigenvalue weighted by molar-refractivity contribution is 5.73. The number of urea groups is 1. The van der Waals surface area contributed by atoms with Gasteiger partial charge in [0.1, 0.15) is 5.76 Å². The number of nitrogens with one attached hydrogen (secondary N) is 2. The van der Waals surface area contributed by atoms with Gasteiger partial charge in [-0.15, -0.1) is 0 Å². The van der Waals surface area contributed by atoms with Gasteiger partial charge in [-0.05, 0) is 13.3 Å². The van der Waals surface area contributed by atoms with E-state index >= 15 is 0 Å². The molecule has 5 heteroatoms. The molecule has 0 saturated carbocycles. The van der Waals surface area contributed by atoms with E-state index in [0.717, 1.165) is 18.6 Å². The highest BCUT2D eigenvalue weighted by Gasteiger charge is 2.19. The van der Waals surface area contributed by atoms with E-state index in [1.54, 1.807) is 6.20 Å². The lowest BCUT2D eigenvalue weighted by molar-refractivity contribution is 0.235. The van der Waals surface area contributed by atoms with Crippen LogP contribution < -0.4 is 10.6 Å². The van der Waals surface area contributed by atoms with Crippen molar-refractivity contribution in [2.24, 2.45) is 0 Å². The lowest BCUT2D eigenvalue weighted by Crippen LogP contribution is -2.40. The zero-order chi connectivity index (χ0) is 14.5. The minimum atomic E-state index is -0.184. The van der Waals surface area contributed by atoms with E-state index < -0.39 is 0 Å². The van der Waals surface area contributed by atoms with Crippen molar-refractivity contribution in [2.75, 3.05) is 0 Å². The lowest BCUT2D eigenvalue weighted by atomic mass is 9.94. The Morgan fingerprint density at radius 2 is 2.16 bits per heavy atom. The lowest BCUT2D eigenvalue weighted by Gasteiger charge is -2.14. The average Bonchev–Trinajstić information content (AvgIpc) is 2.74. The highest BCUT2D eigenvalue weighted by atomic mass is 16.4. The predicted octanol–water partition coefficient (Wildman–Crippen LogP) is 2.96. The third-order valence-electron chi connectivity index (χ3n) is 2.79. The molecule has 1 aromatic rings. The van der Waals surface area contributed by atoms with Gasteiger partial charge in [-0.3, -0.25) is 0 Å². The Hall–Kier alpha value is -1.52. The van der Waals surface area contributed by atoms with E-state index in [2.05, 4.69) is 43.3 Å². The second kappa shape index (κ2) is 6.59. The van der Waals surface area contributed by atoms with Crippen LogP contribution in [0.1, 0.15) is 59.1 Å². The van der Waals surface area contributed by atoms with E-state index in [1.807, 2.05) is 6.92 Å². The second-order valence-corrected chi connectivity index (χ2v) is 5.88. The predicted molar refractivity (Wildman–Crippen MR) is 74.9 cm³/mol. The van der Waals surface area contributed by atoms with Crippen LogP contribution in [-0.4, -0.2) is 17.1 Å². The van der Waals surface area contributed by atoms with Gasteiger partial charge in [-0.1, -0.05) is 34.1 Å². The summed E-state index contributed by atoms with van der Waals surface area (Å²) in [5.74, 6) is 1.35. The van der Waals surface area contributed by atoms with Crippen LogP contribution in [0.5, 0.6) is 0 Å². The van der Waals surface area contributed by atoms with Crippen molar-refractivity contribution in [1.29, 1.82) is 0 Å². The molecule has 2 N–H and O–H groups in total. The number of hydrogen-bond donors (Lipinski definition) is 2. The highest BCUT2D eigenvalue weighted by Crippen LogP contribution is 2.22. The van der Waals surface area contributed by atoms with E-state index in [-0.39, 0.29) is 17.5 Å². The van der Waals surface area contributed by atoms with Crippen LogP contribution in [-0.2, 0) is 12.0 Å². The smallest absolute Gasteiger partial charge is 0.315 e. The van der Waals surface area contributed by atoms with Crippen LogP contribution in [0, 0.1) is 0 Å². The molecule has 1 atom stereocenters. The molecule has 19 heavy (non-hydrogen) atoms. The molecule has 1 unspecified atom stereocenters. The maximum atomic E-state index is 11.6. The van der Waals surface area contributed by atoms with Gasteiger partial charge in [0.05, 0.1) is 12.7 Å². The summed E-state index contributed by atoms with van der Waals surface area (Å²) in [5, 5.41) is 5.62. The van der Waals surface area contributed by atoms with Crippen molar-refractivity contribution in [1.82, 2.24) is 15.6 Å². The van der Waals surface area contributed by atoms with Gasteiger partial charge in [-0.2, -0.15) is 0 Å². The fraction of sp³-hybridized carbons (Fsp3) is 0.714. The van der Waals surface area contributed by atoms with Gasteiger partial charge in [-0.25, -0.2) is 9.78 Å². The molecule has 0 radical (unpaired) electrons. The standard InChI is InChI=1S/C14H25N3O2/c1-6-7-10(2)17-13(18)16-9-12-15-8-11(19-12)14(3,4)5/h8,10H,6-7,9H2,1-5H3,(H2,16,17,18). The Morgan fingerprint density at radius 1 is 1.47 bits per heavy atom. The summed E-state index contributed by atoms with van der Waals surface area (Å²) in [7, 11) is 0. The van der Waals surface area contributed by atoms with Gasteiger partial charge in [0.2, 0.25) is 5.89 Å². The summed E-state index contributed by atoms with van der Waals surface area (Å²) in [6.45, 7) is 10.6. The number of amides is 2. The first kappa shape index (κ1) is 15.5. The monoisotopic (exact) mass is 267 g/mol. The van der Waals surface area contributed by atoms with Gasteiger partial charge >= 0.3 is 6.03 Å². The van der Waals surface area contributed by atoms with Crippen molar-refractivity contribution in [2.45, 2.75) is 65.5 Å². The number of aromatic nitrogens is 1. The van der Waals surface area contributed by atoms with Gasteiger partial charge in [0.25, 0.3) is 0 Å². The number of rotatable bonds is 5. The molecule has 0 aromatic carbocycles. The van der Waals surface area contributed by atoms with E-state index in [9.17, 15) is 4.79 Å².